The number of nitrogens with zero attached hydrogens (tertiary/aromatic N) is 1. The lowest BCUT2D eigenvalue weighted by Crippen LogP contribution is -2.64. The van der Waals surface area contributed by atoms with Crippen molar-refractivity contribution >= 4 is 43.6 Å². The maximum absolute atomic E-state index is 14.6. The van der Waals surface area contributed by atoms with Crippen molar-refractivity contribution in [1.29, 1.82) is 0 Å². The number of piperidine rings is 1. The van der Waals surface area contributed by atoms with E-state index in [0.29, 0.717) is 12.8 Å². The fourth-order valence-corrected chi connectivity index (χ4v) is 10.9. The standard InChI is InChI=1S/C38H57N5O8S2/c1-10-24-21-38(24,32(46)42-53(50,51)25-17-13-11-14-18-25)40-30(44)28-27-26(36(27,8)9)22-43(28)31(45)29(34(2,3)4)39-33(47)41-37(19-15-12-16-20-37)23-52(48,49)35(5,6)7/h10-11,13-14,17-18,24,26-29H,1,12,15-16,19-23H2,2-9H3,(H,40,44)(H,42,46)(H2,39,41,47)/t24?,26?,27-,28-,29+,38+/m0/s1. The van der Waals surface area contributed by atoms with Gasteiger partial charge in [-0.15, -0.1) is 6.58 Å². The minimum atomic E-state index is -4.24. The van der Waals surface area contributed by atoms with Crippen LogP contribution in [0.2, 0.25) is 0 Å². The van der Waals surface area contributed by atoms with Crippen molar-refractivity contribution in [3.05, 3.63) is 43.0 Å². The Balaban J connectivity index is 1.37. The lowest BCUT2D eigenvalue weighted by molar-refractivity contribution is -0.144. The topological polar surface area (TPSA) is 188 Å². The molecule has 5 rings (SSSR count). The minimum absolute atomic E-state index is 0.0117. The summed E-state index contributed by atoms with van der Waals surface area (Å²) in [7, 11) is -7.83. The lowest BCUT2D eigenvalue weighted by atomic mass is 9.83. The third kappa shape index (κ3) is 7.88. The Kier molecular flexibility index (Phi) is 10.5. The van der Waals surface area contributed by atoms with Crippen molar-refractivity contribution in [2.75, 3.05) is 12.3 Å². The SMILES string of the molecule is C=CC1C[C@]1(NC(=O)[C@@H]1[C@@H]2C(CN1C(=O)[C@@H](NC(=O)NC1(CS(=O)(=O)C(C)(C)C)CCCCC1)C(C)(C)C)C2(C)C)C(=O)NS(=O)(=O)c1ccccc1. The third-order valence-electron chi connectivity index (χ3n) is 12.1. The van der Waals surface area contributed by atoms with E-state index in [9.17, 15) is 36.0 Å². The van der Waals surface area contributed by atoms with Crippen LogP contribution < -0.4 is 20.7 Å². The highest BCUT2D eigenvalue weighted by atomic mass is 32.2. The number of rotatable bonds is 11. The number of sulfone groups is 1. The van der Waals surface area contributed by atoms with Crippen LogP contribution in [0.5, 0.6) is 0 Å². The van der Waals surface area contributed by atoms with E-state index >= 15 is 0 Å². The van der Waals surface area contributed by atoms with Gasteiger partial charge in [0, 0.05) is 12.5 Å². The van der Waals surface area contributed by atoms with Gasteiger partial charge in [-0.3, -0.25) is 14.4 Å². The number of fused-ring (bicyclic) bond motifs is 1. The maximum atomic E-state index is 14.6. The quantitative estimate of drug-likeness (QED) is 0.245. The molecule has 13 nitrogen and oxygen atoms in total. The number of carbonyl (C=O) groups excluding carboxylic acids is 4. The molecule has 1 aliphatic heterocycles. The fraction of sp³-hybridized carbons (Fsp3) is 0.684. The summed E-state index contributed by atoms with van der Waals surface area (Å²) in [6.07, 6.45) is 5.06. The van der Waals surface area contributed by atoms with E-state index in [-0.39, 0.29) is 40.9 Å². The summed E-state index contributed by atoms with van der Waals surface area (Å²) in [6.45, 7) is 18.4. The number of hydrogen-bond donors (Lipinski definition) is 4. The molecule has 6 atom stereocenters. The van der Waals surface area contributed by atoms with Crippen molar-refractivity contribution in [2.24, 2.45) is 28.6 Å². The van der Waals surface area contributed by atoms with Gasteiger partial charge in [-0.05, 0) is 74.8 Å². The minimum Gasteiger partial charge on any atom is -0.339 e. The highest BCUT2D eigenvalue weighted by Crippen LogP contribution is 2.65. The Morgan fingerprint density at radius 2 is 1.55 bits per heavy atom. The van der Waals surface area contributed by atoms with Gasteiger partial charge in [0.15, 0.2) is 9.84 Å². The number of hydrogen-bond acceptors (Lipinski definition) is 8. The van der Waals surface area contributed by atoms with Gasteiger partial charge in [-0.25, -0.2) is 26.4 Å². The molecule has 294 valence electrons. The normalized spacial score (nSPS) is 28.1. The Labute approximate surface area is 314 Å². The molecular weight excluding hydrogens is 719 g/mol. The molecule has 1 aromatic carbocycles. The number of likely N-dealkylation sites (tertiary alicyclic amines) is 1. The van der Waals surface area contributed by atoms with Crippen LogP contribution in [0, 0.1) is 28.6 Å². The zero-order valence-corrected chi connectivity index (χ0v) is 33.9. The van der Waals surface area contributed by atoms with E-state index < -0.39 is 82.9 Å². The van der Waals surface area contributed by atoms with Crippen molar-refractivity contribution in [3.63, 3.8) is 0 Å². The van der Waals surface area contributed by atoms with E-state index in [2.05, 4.69) is 27.3 Å². The molecule has 53 heavy (non-hydrogen) atoms. The second-order valence-corrected chi connectivity index (χ2v) is 22.7. The van der Waals surface area contributed by atoms with Crippen LogP contribution in [-0.2, 0) is 34.2 Å². The van der Waals surface area contributed by atoms with Gasteiger partial charge in [0.2, 0.25) is 11.8 Å². The first-order valence-corrected chi connectivity index (χ1v) is 21.6. The van der Waals surface area contributed by atoms with Crippen LogP contribution in [0.15, 0.2) is 47.9 Å². The average Bonchev–Trinajstić information content (AvgIpc) is 3.81. The highest BCUT2D eigenvalue weighted by molar-refractivity contribution is 7.92. The van der Waals surface area contributed by atoms with E-state index in [4.69, 9.17) is 0 Å². The number of sulfonamides is 1. The van der Waals surface area contributed by atoms with Crippen LogP contribution in [0.1, 0.15) is 93.9 Å². The predicted molar refractivity (Wildman–Crippen MR) is 201 cm³/mol. The molecule has 4 aliphatic rings. The largest absolute Gasteiger partial charge is 0.339 e. The molecule has 3 aliphatic carbocycles. The molecule has 15 heteroatoms. The van der Waals surface area contributed by atoms with Crippen LogP contribution in [0.25, 0.3) is 0 Å². The molecule has 2 unspecified atom stereocenters. The smallest absolute Gasteiger partial charge is 0.315 e. The van der Waals surface area contributed by atoms with Crippen molar-refractivity contribution in [2.45, 2.75) is 127 Å². The lowest BCUT2D eigenvalue weighted by Gasteiger charge is -2.41. The molecule has 0 spiro atoms. The van der Waals surface area contributed by atoms with Gasteiger partial charge in [0.05, 0.1) is 20.9 Å². The van der Waals surface area contributed by atoms with Gasteiger partial charge >= 0.3 is 6.03 Å². The molecule has 1 saturated heterocycles. The Hall–Kier alpha value is -3.46. The van der Waals surface area contributed by atoms with E-state index in [0.717, 1.165) is 19.3 Å². The van der Waals surface area contributed by atoms with Crippen molar-refractivity contribution in [1.82, 2.24) is 25.6 Å². The Bertz CT molecular complexity index is 1860. The Morgan fingerprint density at radius 3 is 2.08 bits per heavy atom. The van der Waals surface area contributed by atoms with Crippen LogP contribution >= 0.6 is 0 Å². The van der Waals surface area contributed by atoms with Gasteiger partial charge in [0.25, 0.3) is 15.9 Å². The van der Waals surface area contributed by atoms with Crippen LogP contribution in [-0.4, -0.2) is 85.7 Å². The summed E-state index contributed by atoms with van der Waals surface area (Å²) in [5.74, 6) is -2.95. The zero-order chi connectivity index (χ0) is 39.6. The predicted octanol–water partition coefficient (Wildman–Crippen LogP) is 3.67. The first kappa shape index (κ1) is 40.7. The zero-order valence-electron chi connectivity index (χ0n) is 32.2. The summed E-state index contributed by atoms with van der Waals surface area (Å²) in [4.78, 5) is 57.7. The fourth-order valence-electron chi connectivity index (χ4n) is 8.35. The third-order valence-corrected chi connectivity index (χ3v) is 16.2. The second-order valence-electron chi connectivity index (χ2n) is 18.3. The van der Waals surface area contributed by atoms with E-state index in [1.54, 1.807) is 47.6 Å². The van der Waals surface area contributed by atoms with Crippen LogP contribution in [0.4, 0.5) is 4.79 Å². The summed E-state index contributed by atoms with van der Waals surface area (Å²) >= 11 is 0. The molecule has 0 aromatic heterocycles. The number of urea groups is 1. The Morgan fingerprint density at radius 1 is 0.943 bits per heavy atom. The first-order valence-electron chi connectivity index (χ1n) is 18.5. The molecule has 3 saturated carbocycles. The summed E-state index contributed by atoms with van der Waals surface area (Å²) in [5.41, 5.74) is -3.65. The molecule has 1 heterocycles. The monoisotopic (exact) mass is 775 g/mol. The number of carbonyl (C=O) groups is 4. The van der Waals surface area contributed by atoms with E-state index in [1.165, 1.54) is 35.2 Å². The molecule has 5 amide bonds. The average molecular weight is 776 g/mol. The molecule has 1 aromatic rings. The molecule has 4 N–H and O–H groups in total. The number of amides is 5. The highest BCUT2D eigenvalue weighted by Gasteiger charge is 2.71. The molecule has 0 bridgehead atoms. The van der Waals surface area contributed by atoms with Crippen molar-refractivity contribution < 1.29 is 36.0 Å². The molecule has 0 radical (unpaired) electrons. The van der Waals surface area contributed by atoms with Crippen molar-refractivity contribution in [3.8, 4) is 0 Å². The second kappa shape index (κ2) is 13.7. The number of benzene rings is 1. The summed E-state index contributed by atoms with van der Waals surface area (Å²) in [5, 5.41) is 8.69. The van der Waals surface area contributed by atoms with Gasteiger partial charge in [-0.1, -0.05) is 78.2 Å². The molecule has 4 fully saturated rings. The maximum Gasteiger partial charge on any atom is 0.315 e. The molecular formula is C38H57N5O8S2. The van der Waals surface area contributed by atoms with Gasteiger partial charge in [-0.2, -0.15) is 0 Å². The summed E-state index contributed by atoms with van der Waals surface area (Å²) < 4.78 is 53.9. The van der Waals surface area contributed by atoms with Gasteiger partial charge in [0.1, 0.15) is 17.6 Å². The first-order chi connectivity index (χ1) is 24.3. The van der Waals surface area contributed by atoms with Gasteiger partial charge < -0.3 is 20.9 Å². The van der Waals surface area contributed by atoms with E-state index in [1.807, 2.05) is 13.8 Å². The number of nitrogens with one attached hydrogen (secondary N) is 4. The van der Waals surface area contributed by atoms with Crippen LogP contribution in [0.3, 0.4) is 0 Å². The summed E-state index contributed by atoms with van der Waals surface area (Å²) in [6, 6.07) is 4.71.